The normalized spacial score (nSPS) is 18.5. The van der Waals surface area contributed by atoms with Crippen LogP contribution in [-0.4, -0.2) is 39.0 Å². The van der Waals surface area contributed by atoms with Crippen molar-refractivity contribution in [2.45, 2.75) is 32.2 Å². The summed E-state index contributed by atoms with van der Waals surface area (Å²) in [5.74, 6) is 0.568. The Morgan fingerprint density at radius 1 is 1.25 bits per heavy atom. The van der Waals surface area contributed by atoms with E-state index in [0.29, 0.717) is 6.04 Å². The molecule has 24 heavy (non-hydrogen) atoms. The molecule has 4 rings (SSSR count). The molecule has 0 unspecified atom stereocenters. The van der Waals surface area contributed by atoms with Crippen LogP contribution in [0.2, 0.25) is 0 Å². The lowest BCUT2D eigenvalue weighted by Gasteiger charge is -2.19. The van der Waals surface area contributed by atoms with Crippen LogP contribution in [0, 0.1) is 5.95 Å². The monoisotopic (exact) mass is 324 g/mol. The van der Waals surface area contributed by atoms with Gasteiger partial charge in [0.2, 0.25) is 5.95 Å². The summed E-state index contributed by atoms with van der Waals surface area (Å²) in [6, 6.07) is 9.88. The lowest BCUT2D eigenvalue weighted by Crippen LogP contribution is -2.29. The van der Waals surface area contributed by atoms with E-state index in [-0.39, 0.29) is 0 Å². The van der Waals surface area contributed by atoms with E-state index in [0.717, 1.165) is 41.0 Å². The molecule has 1 N–H and O–H groups in total. The molecule has 1 saturated heterocycles. The Morgan fingerprint density at radius 3 is 2.88 bits per heavy atom. The second kappa shape index (κ2) is 6.32. The zero-order chi connectivity index (χ0) is 16.5. The number of rotatable bonds is 4. The Hall–Kier alpha value is -2.27. The SMILES string of the molecule is C[C@@H]1CCCN1CCc1nc2ccc(-c3ccc(F)nc3)cc2[nH]1. The van der Waals surface area contributed by atoms with Gasteiger partial charge in [0, 0.05) is 30.8 Å². The van der Waals surface area contributed by atoms with Crippen molar-refractivity contribution in [2.24, 2.45) is 0 Å². The van der Waals surface area contributed by atoms with Crippen LogP contribution < -0.4 is 0 Å². The van der Waals surface area contributed by atoms with Crippen molar-refractivity contribution >= 4 is 11.0 Å². The van der Waals surface area contributed by atoms with Gasteiger partial charge in [-0.25, -0.2) is 9.97 Å². The van der Waals surface area contributed by atoms with E-state index in [1.165, 1.54) is 25.5 Å². The standard InChI is InChI=1S/C19H21FN4/c1-13-3-2-9-24(13)10-8-19-22-16-6-4-14(11-17(16)23-19)15-5-7-18(20)21-12-15/h4-7,11-13H,2-3,8-10H2,1H3,(H,22,23)/t13-/m1/s1. The Balaban J connectivity index is 1.53. The number of nitrogens with zero attached hydrogens (tertiary/aromatic N) is 3. The molecule has 3 aromatic rings. The fourth-order valence-electron chi connectivity index (χ4n) is 3.48. The van der Waals surface area contributed by atoms with Crippen molar-refractivity contribution in [1.82, 2.24) is 19.9 Å². The average molecular weight is 324 g/mol. The smallest absolute Gasteiger partial charge is 0.212 e. The van der Waals surface area contributed by atoms with Crippen molar-refractivity contribution in [2.75, 3.05) is 13.1 Å². The number of aromatic nitrogens is 3. The van der Waals surface area contributed by atoms with Crippen molar-refractivity contribution in [3.63, 3.8) is 0 Å². The zero-order valence-corrected chi connectivity index (χ0v) is 13.8. The van der Waals surface area contributed by atoms with Crippen LogP contribution in [0.25, 0.3) is 22.2 Å². The molecular formula is C19H21FN4. The van der Waals surface area contributed by atoms with Gasteiger partial charge in [0.05, 0.1) is 11.0 Å². The van der Waals surface area contributed by atoms with Crippen molar-refractivity contribution in [1.29, 1.82) is 0 Å². The lowest BCUT2D eigenvalue weighted by atomic mass is 10.1. The molecule has 1 atom stereocenters. The molecule has 4 nitrogen and oxygen atoms in total. The van der Waals surface area contributed by atoms with E-state index < -0.39 is 5.95 Å². The minimum absolute atomic E-state index is 0.459. The van der Waals surface area contributed by atoms with E-state index in [1.807, 2.05) is 12.1 Å². The number of pyridine rings is 1. The van der Waals surface area contributed by atoms with Gasteiger partial charge in [-0.2, -0.15) is 4.39 Å². The number of halogens is 1. The molecule has 5 heteroatoms. The number of benzene rings is 1. The van der Waals surface area contributed by atoms with Crippen LogP contribution in [0.5, 0.6) is 0 Å². The third kappa shape index (κ3) is 3.04. The van der Waals surface area contributed by atoms with E-state index >= 15 is 0 Å². The summed E-state index contributed by atoms with van der Waals surface area (Å²) in [6.45, 7) is 4.55. The molecule has 2 aromatic heterocycles. The summed E-state index contributed by atoms with van der Waals surface area (Å²) in [4.78, 5) is 14.4. The van der Waals surface area contributed by atoms with Gasteiger partial charge in [0.15, 0.2) is 0 Å². The van der Waals surface area contributed by atoms with Gasteiger partial charge in [-0.05, 0) is 56.1 Å². The average Bonchev–Trinajstić information content (AvgIpc) is 3.18. The number of fused-ring (bicyclic) bond motifs is 1. The van der Waals surface area contributed by atoms with Crippen molar-refractivity contribution < 1.29 is 4.39 Å². The number of hydrogen-bond donors (Lipinski definition) is 1. The molecule has 0 saturated carbocycles. The highest BCUT2D eigenvalue weighted by Crippen LogP contribution is 2.23. The first-order valence-corrected chi connectivity index (χ1v) is 8.54. The van der Waals surface area contributed by atoms with Crippen LogP contribution in [0.1, 0.15) is 25.6 Å². The largest absolute Gasteiger partial charge is 0.342 e. The molecule has 1 fully saturated rings. The van der Waals surface area contributed by atoms with Gasteiger partial charge in [0.1, 0.15) is 5.82 Å². The van der Waals surface area contributed by atoms with Crippen LogP contribution >= 0.6 is 0 Å². The number of hydrogen-bond acceptors (Lipinski definition) is 3. The van der Waals surface area contributed by atoms with Gasteiger partial charge in [-0.1, -0.05) is 6.07 Å². The van der Waals surface area contributed by atoms with E-state index in [9.17, 15) is 4.39 Å². The third-order valence-corrected chi connectivity index (χ3v) is 4.92. The number of imidazole rings is 1. The van der Waals surface area contributed by atoms with Crippen molar-refractivity contribution in [3.05, 3.63) is 48.3 Å². The molecule has 0 spiro atoms. The van der Waals surface area contributed by atoms with Crippen LogP contribution in [-0.2, 0) is 6.42 Å². The predicted octanol–water partition coefficient (Wildman–Crippen LogP) is 3.79. The Bertz CT molecular complexity index is 840. The van der Waals surface area contributed by atoms with Crippen LogP contribution in [0.15, 0.2) is 36.5 Å². The molecular weight excluding hydrogens is 303 g/mol. The lowest BCUT2D eigenvalue weighted by molar-refractivity contribution is 0.271. The van der Waals surface area contributed by atoms with Crippen LogP contribution in [0.3, 0.4) is 0 Å². The molecule has 124 valence electrons. The summed E-state index contributed by atoms with van der Waals surface area (Å²) in [6.07, 6.45) is 5.10. The topological polar surface area (TPSA) is 44.8 Å². The molecule has 1 aliphatic rings. The summed E-state index contributed by atoms with van der Waals surface area (Å²) in [5, 5.41) is 0. The number of nitrogens with one attached hydrogen (secondary N) is 1. The molecule has 0 amide bonds. The molecule has 1 aromatic carbocycles. The van der Waals surface area contributed by atoms with E-state index in [1.54, 1.807) is 12.3 Å². The zero-order valence-electron chi connectivity index (χ0n) is 13.8. The third-order valence-electron chi connectivity index (χ3n) is 4.92. The summed E-state index contributed by atoms with van der Waals surface area (Å²) < 4.78 is 13.0. The first kappa shape index (κ1) is 15.3. The minimum Gasteiger partial charge on any atom is -0.342 e. The van der Waals surface area contributed by atoms with Gasteiger partial charge < -0.3 is 9.88 Å². The maximum absolute atomic E-state index is 13.0. The molecule has 3 heterocycles. The molecule has 0 bridgehead atoms. The number of H-pyrrole nitrogens is 1. The van der Waals surface area contributed by atoms with Crippen molar-refractivity contribution in [3.8, 4) is 11.1 Å². The molecule has 0 radical (unpaired) electrons. The highest BCUT2D eigenvalue weighted by Gasteiger charge is 2.19. The second-order valence-corrected chi connectivity index (χ2v) is 6.56. The van der Waals surface area contributed by atoms with Gasteiger partial charge in [-0.3, -0.25) is 0 Å². The quantitative estimate of drug-likeness (QED) is 0.743. The maximum Gasteiger partial charge on any atom is 0.212 e. The molecule has 1 aliphatic heterocycles. The highest BCUT2D eigenvalue weighted by atomic mass is 19.1. The fourth-order valence-corrected chi connectivity index (χ4v) is 3.48. The molecule has 0 aliphatic carbocycles. The maximum atomic E-state index is 13.0. The second-order valence-electron chi connectivity index (χ2n) is 6.56. The highest BCUT2D eigenvalue weighted by molar-refractivity contribution is 5.81. The fraction of sp³-hybridized carbons (Fsp3) is 0.368. The summed E-state index contributed by atoms with van der Waals surface area (Å²) in [7, 11) is 0. The number of aromatic amines is 1. The minimum atomic E-state index is -0.459. The first-order chi connectivity index (χ1) is 11.7. The summed E-state index contributed by atoms with van der Waals surface area (Å²) in [5.41, 5.74) is 3.90. The van der Waals surface area contributed by atoms with E-state index in [4.69, 9.17) is 0 Å². The summed E-state index contributed by atoms with van der Waals surface area (Å²) >= 11 is 0. The predicted molar refractivity (Wildman–Crippen MR) is 93.3 cm³/mol. The van der Waals surface area contributed by atoms with Gasteiger partial charge in [-0.15, -0.1) is 0 Å². The van der Waals surface area contributed by atoms with Gasteiger partial charge in [0.25, 0.3) is 0 Å². The van der Waals surface area contributed by atoms with Crippen LogP contribution in [0.4, 0.5) is 4.39 Å². The van der Waals surface area contributed by atoms with E-state index in [2.05, 4.69) is 32.8 Å². The number of likely N-dealkylation sites (tertiary alicyclic amines) is 1. The Labute approximate surface area is 140 Å². The Kier molecular flexibility index (Phi) is 4.02. The first-order valence-electron chi connectivity index (χ1n) is 8.54. The van der Waals surface area contributed by atoms with Gasteiger partial charge >= 0.3 is 0 Å². The Morgan fingerprint density at radius 2 is 2.12 bits per heavy atom.